The molecule has 2 aliphatic heterocycles. The van der Waals surface area contributed by atoms with E-state index in [-0.39, 0.29) is 17.6 Å². The summed E-state index contributed by atoms with van der Waals surface area (Å²) in [5.41, 5.74) is 1.48. The van der Waals surface area contributed by atoms with Crippen molar-refractivity contribution < 1.29 is 9.53 Å². The van der Waals surface area contributed by atoms with Gasteiger partial charge in [-0.05, 0) is 64.3 Å². The SMILES string of the molecule is CC(C)(C)N1CCC(Oc2ccc(-n3cc(C(=O)N4CCC4)nn3)cc2)CC1. The fraction of sp³-hybridized carbons (Fsp3) is 0.571. The van der Waals surface area contributed by atoms with Crippen LogP contribution < -0.4 is 4.74 Å². The Morgan fingerprint density at radius 3 is 2.32 bits per heavy atom. The maximum Gasteiger partial charge on any atom is 0.276 e. The molecule has 150 valence electrons. The molecular weight excluding hydrogens is 354 g/mol. The second-order valence-corrected chi connectivity index (χ2v) is 8.66. The number of nitrogens with zero attached hydrogens (tertiary/aromatic N) is 5. The lowest BCUT2D eigenvalue weighted by Gasteiger charge is -2.40. The Morgan fingerprint density at radius 1 is 1.07 bits per heavy atom. The lowest BCUT2D eigenvalue weighted by atomic mass is 9.99. The van der Waals surface area contributed by atoms with Crippen molar-refractivity contribution in [3.05, 3.63) is 36.2 Å². The van der Waals surface area contributed by atoms with E-state index in [1.807, 2.05) is 24.3 Å². The van der Waals surface area contributed by atoms with Gasteiger partial charge in [0.2, 0.25) is 0 Å². The highest BCUT2D eigenvalue weighted by Crippen LogP contribution is 2.24. The zero-order chi connectivity index (χ0) is 19.7. The molecule has 0 bridgehead atoms. The number of aromatic nitrogens is 3. The summed E-state index contributed by atoms with van der Waals surface area (Å²) in [6.07, 6.45) is 5.11. The number of piperidine rings is 1. The highest BCUT2D eigenvalue weighted by atomic mass is 16.5. The Balaban J connectivity index is 1.34. The summed E-state index contributed by atoms with van der Waals surface area (Å²) in [6.45, 7) is 10.6. The van der Waals surface area contributed by atoms with Gasteiger partial charge in [-0.1, -0.05) is 5.21 Å². The molecule has 0 unspecified atom stereocenters. The smallest absolute Gasteiger partial charge is 0.276 e. The molecule has 1 aromatic heterocycles. The van der Waals surface area contributed by atoms with Gasteiger partial charge in [-0.3, -0.25) is 9.69 Å². The molecule has 0 atom stereocenters. The molecule has 0 spiro atoms. The van der Waals surface area contributed by atoms with Crippen LogP contribution in [0, 0.1) is 0 Å². The maximum atomic E-state index is 12.2. The standard InChI is InChI=1S/C21H29N5O2/c1-21(2,3)25-13-9-18(10-14-25)28-17-7-5-16(6-8-17)26-15-19(22-23-26)20(27)24-11-4-12-24/h5-8,15,18H,4,9-14H2,1-3H3. The molecule has 0 saturated carbocycles. The van der Waals surface area contributed by atoms with E-state index in [2.05, 4.69) is 36.0 Å². The number of ether oxygens (including phenoxy) is 1. The fourth-order valence-electron chi connectivity index (χ4n) is 3.68. The monoisotopic (exact) mass is 383 g/mol. The molecule has 2 aliphatic rings. The predicted molar refractivity (Wildman–Crippen MR) is 107 cm³/mol. The van der Waals surface area contributed by atoms with E-state index in [4.69, 9.17) is 4.74 Å². The number of rotatable bonds is 4. The first kappa shape index (κ1) is 18.9. The second-order valence-electron chi connectivity index (χ2n) is 8.66. The second kappa shape index (κ2) is 7.54. The van der Waals surface area contributed by atoms with Gasteiger partial charge in [-0.2, -0.15) is 0 Å². The summed E-state index contributed by atoms with van der Waals surface area (Å²) in [5, 5.41) is 8.12. The van der Waals surface area contributed by atoms with Crippen molar-refractivity contribution in [1.29, 1.82) is 0 Å². The van der Waals surface area contributed by atoms with Gasteiger partial charge in [0.15, 0.2) is 5.69 Å². The Kier molecular flexibility index (Phi) is 5.10. The summed E-state index contributed by atoms with van der Waals surface area (Å²) in [7, 11) is 0. The Labute approximate surface area is 166 Å². The van der Waals surface area contributed by atoms with E-state index in [1.54, 1.807) is 15.8 Å². The van der Waals surface area contributed by atoms with Crippen LogP contribution in [0.3, 0.4) is 0 Å². The van der Waals surface area contributed by atoms with Crippen LogP contribution in [-0.4, -0.2) is 68.5 Å². The predicted octanol–water partition coefficient (Wildman–Crippen LogP) is 2.75. The molecule has 0 radical (unpaired) electrons. The normalized spacial score (nSPS) is 18.8. The van der Waals surface area contributed by atoms with Crippen LogP contribution in [0.15, 0.2) is 30.5 Å². The molecule has 1 amide bonds. The van der Waals surface area contributed by atoms with Gasteiger partial charge in [0.25, 0.3) is 5.91 Å². The highest BCUT2D eigenvalue weighted by molar-refractivity contribution is 5.92. The molecule has 1 aromatic carbocycles. The quantitative estimate of drug-likeness (QED) is 0.812. The van der Waals surface area contributed by atoms with Crippen LogP contribution >= 0.6 is 0 Å². The third-order valence-corrected chi connectivity index (χ3v) is 5.65. The highest BCUT2D eigenvalue weighted by Gasteiger charge is 2.28. The zero-order valence-corrected chi connectivity index (χ0v) is 17.0. The summed E-state index contributed by atoms with van der Waals surface area (Å²) in [6, 6.07) is 7.83. The number of likely N-dealkylation sites (tertiary alicyclic amines) is 2. The molecule has 2 aromatic rings. The molecule has 0 N–H and O–H groups in total. The Hall–Kier alpha value is -2.41. The van der Waals surface area contributed by atoms with Gasteiger partial charge in [0, 0.05) is 31.7 Å². The summed E-state index contributed by atoms with van der Waals surface area (Å²) >= 11 is 0. The summed E-state index contributed by atoms with van der Waals surface area (Å²) in [4.78, 5) is 16.5. The van der Waals surface area contributed by atoms with Gasteiger partial charge < -0.3 is 9.64 Å². The topological polar surface area (TPSA) is 63.5 Å². The van der Waals surface area contributed by atoms with Gasteiger partial charge in [-0.25, -0.2) is 4.68 Å². The van der Waals surface area contributed by atoms with Gasteiger partial charge in [0.1, 0.15) is 11.9 Å². The minimum Gasteiger partial charge on any atom is -0.490 e. The van der Waals surface area contributed by atoms with Crippen molar-refractivity contribution in [2.45, 2.75) is 51.7 Å². The third-order valence-electron chi connectivity index (χ3n) is 5.65. The van der Waals surface area contributed by atoms with E-state index in [9.17, 15) is 4.79 Å². The van der Waals surface area contributed by atoms with Gasteiger partial charge >= 0.3 is 0 Å². The van der Waals surface area contributed by atoms with Crippen LogP contribution in [0.25, 0.3) is 5.69 Å². The molecule has 7 nitrogen and oxygen atoms in total. The minimum absolute atomic E-state index is 0.0425. The maximum absolute atomic E-state index is 12.2. The number of carbonyl (C=O) groups excluding carboxylic acids is 1. The van der Waals surface area contributed by atoms with Gasteiger partial charge in [-0.15, -0.1) is 5.10 Å². The average Bonchev–Trinajstić information content (AvgIpc) is 3.11. The molecular formula is C21H29N5O2. The van der Waals surface area contributed by atoms with E-state index < -0.39 is 0 Å². The lowest BCUT2D eigenvalue weighted by Crippen LogP contribution is -2.48. The average molecular weight is 383 g/mol. The van der Waals surface area contributed by atoms with Crippen molar-refractivity contribution in [2.75, 3.05) is 26.2 Å². The Morgan fingerprint density at radius 2 is 1.75 bits per heavy atom. The van der Waals surface area contributed by atoms with Crippen molar-refractivity contribution in [1.82, 2.24) is 24.8 Å². The van der Waals surface area contributed by atoms with Crippen LogP contribution in [0.1, 0.15) is 50.5 Å². The first-order chi connectivity index (χ1) is 13.4. The van der Waals surface area contributed by atoms with E-state index in [0.29, 0.717) is 5.69 Å². The van der Waals surface area contributed by atoms with Crippen molar-refractivity contribution in [2.24, 2.45) is 0 Å². The molecule has 2 saturated heterocycles. The minimum atomic E-state index is -0.0425. The largest absolute Gasteiger partial charge is 0.490 e. The molecule has 2 fully saturated rings. The fourth-order valence-corrected chi connectivity index (χ4v) is 3.68. The molecule has 0 aliphatic carbocycles. The van der Waals surface area contributed by atoms with Crippen LogP contribution in [0.5, 0.6) is 5.75 Å². The van der Waals surface area contributed by atoms with Crippen LogP contribution in [0.4, 0.5) is 0 Å². The van der Waals surface area contributed by atoms with Crippen molar-refractivity contribution in [3.63, 3.8) is 0 Å². The summed E-state index contributed by atoms with van der Waals surface area (Å²) < 4.78 is 7.81. The number of carbonyl (C=O) groups is 1. The van der Waals surface area contributed by atoms with Gasteiger partial charge in [0.05, 0.1) is 11.9 Å². The van der Waals surface area contributed by atoms with E-state index in [1.165, 1.54) is 0 Å². The number of hydrogen-bond acceptors (Lipinski definition) is 5. The van der Waals surface area contributed by atoms with Crippen molar-refractivity contribution >= 4 is 5.91 Å². The molecule has 4 rings (SSSR count). The number of benzene rings is 1. The number of hydrogen-bond donors (Lipinski definition) is 0. The third kappa shape index (κ3) is 4.04. The van der Waals surface area contributed by atoms with E-state index >= 15 is 0 Å². The Bertz CT molecular complexity index is 812. The molecule has 28 heavy (non-hydrogen) atoms. The first-order valence-corrected chi connectivity index (χ1v) is 10.1. The van der Waals surface area contributed by atoms with E-state index in [0.717, 1.165) is 56.9 Å². The van der Waals surface area contributed by atoms with Crippen molar-refractivity contribution in [3.8, 4) is 11.4 Å². The van der Waals surface area contributed by atoms with Crippen LogP contribution in [0.2, 0.25) is 0 Å². The molecule has 3 heterocycles. The van der Waals surface area contributed by atoms with Crippen LogP contribution in [-0.2, 0) is 0 Å². The summed E-state index contributed by atoms with van der Waals surface area (Å²) in [5.74, 6) is 0.828. The molecule has 7 heteroatoms. The first-order valence-electron chi connectivity index (χ1n) is 10.1. The zero-order valence-electron chi connectivity index (χ0n) is 17.0. The lowest BCUT2D eigenvalue weighted by molar-refractivity contribution is 0.0491. The number of amides is 1.